The number of alkyl halides is 2. The normalized spacial score (nSPS) is 21.5. The molecular weight excluding hydrogens is 208 g/mol. The number of amides is 1. The van der Waals surface area contributed by atoms with Crippen molar-refractivity contribution < 1.29 is 13.6 Å². The summed E-state index contributed by atoms with van der Waals surface area (Å²) in [6.45, 7) is 0.116. The molecule has 1 rings (SSSR count). The molecule has 0 bridgehead atoms. The van der Waals surface area contributed by atoms with Gasteiger partial charge in [-0.15, -0.1) is 4.91 Å². The van der Waals surface area contributed by atoms with Crippen LogP contribution in [0.3, 0.4) is 0 Å². The summed E-state index contributed by atoms with van der Waals surface area (Å²) in [5.41, 5.74) is 0. The van der Waals surface area contributed by atoms with E-state index in [9.17, 15) is 18.5 Å². The maximum atomic E-state index is 11.8. The first-order valence-corrected chi connectivity index (χ1v) is 4.77. The smallest absolute Gasteiger partial charge is 0.255 e. The minimum atomic E-state index is -2.54. The number of carbonyl (C=O) groups is 1. The van der Waals surface area contributed by atoms with E-state index < -0.39 is 24.8 Å². The lowest BCUT2D eigenvalue weighted by Gasteiger charge is -2.27. The van der Waals surface area contributed by atoms with Crippen LogP contribution in [0, 0.1) is 10.8 Å². The maximum absolute atomic E-state index is 11.8. The van der Waals surface area contributed by atoms with Gasteiger partial charge < -0.3 is 5.32 Å². The number of nitrogens with zero attached hydrogens (tertiary/aromatic N) is 2. The van der Waals surface area contributed by atoms with Crippen LogP contribution in [0.5, 0.6) is 0 Å². The van der Waals surface area contributed by atoms with Gasteiger partial charge in [0, 0.05) is 6.54 Å². The molecule has 0 aromatic rings. The zero-order chi connectivity index (χ0) is 11.3. The number of hydrogen-bond acceptors (Lipinski definition) is 3. The van der Waals surface area contributed by atoms with Crippen molar-refractivity contribution >= 4 is 5.91 Å². The van der Waals surface area contributed by atoms with Crippen molar-refractivity contribution in [1.82, 2.24) is 10.3 Å². The van der Waals surface area contributed by atoms with Gasteiger partial charge in [0.1, 0.15) is 0 Å². The molecule has 5 nitrogen and oxygen atoms in total. The second-order valence-electron chi connectivity index (χ2n) is 3.47. The molecule has 7 heteroatoms. The molecule has 0 aromatic heterocycles. The summed E-state index contributed by atoms with van der Waals surface area (Å²) in [5.74, 6) is -0.834. The SMILES string of the molecule is O=NN1CCCC(C(=O)NCC(F)F)C1. The molecule has 86 valence electrons. The topological polar surface area (TPSA) is 61.8 Å². The number of nitrogens with one attached hydrogen (secondary N) is 1. The largest absolute Gasteiger partial charge is 0.350 e. The molecule has 0 saturated carbocycles. The number of rotatable bonds is 4. The van der Waals surface area contributed by atoms with Crippen LogP contribution in [-0.2, 0) is 4.79 Å². The van der Waals surface area contributed by atoms with Crippen molar-refractivity contribution in [2.75, 3.05) is 19.6 Å². The molecule has 0 radical (unpaired) electrons. The van der Waals surface area contributed by atoms with Crippen LogP contribution in [0.1, 0.15) is 12.8 Å². The number of nitroso groups, excluding NO2 is 1. The molecule has 1 amide bonds. The van der Waals surface area contributed by atoms with Crippen molar-refractivity contribution in [1.29, 1.82) is 0 Å². The second-order valence-corrected chi connectivity index (χ2v) is 3.47. The van der Waals surface area contributed by atoms with Crippen molar-refractivity contribution in [3.05, 3.63) is 4.91 Å². The summed E-state index contributed by atoms with van der Waals surface area (Å²) in [6.07, 6.45) is -1.25. The van der Waals surface area contributed by atoms with Gasteiger partial charge in [-0.3, -0.25) is 9.80 Å². The Bertz CT molecular complexity index is 238. The highest BCUT2D eigenvalue weighted by molar-refractivity contribution is 5.78. The van der Waals surface area contributed by atoms with Gasteiger partial charge in [0.2, 0.25) is 5.91 Å². The van der Waals surface area contributed by atoms with Crippen LogP contribution in [0.2, 0.25) is 0 Å². The molecule has 15 heavy (non-hydrogen) atoms. The molecule has 0 aliphatic carbocycles. The third kappa shape index (κ3) is 3.77. The molecule has 0 spiro atoms. The summed E-state index contributed by atoms with van der Waals surface area (Å²) in [4.78, 5) is 21.6. The average Bonchev–Trinajstić information content (AvgIpc) is 2.26. The first-order valence-electron chi connectivity index (χ1n) is 4.77. The number of piperidine rings is 1. The van der Waals surface area contributed by atoms with Crippen molar-refractivity contribution in [2.45, 2.75) is 19.3 Å². The molecule has 1 aliphatic rings. The Hall–Kier alpha value is -1.27. The third-order valence-electron chi connectivity index (χ3n) is 2.32. The van der Waals surface area contributed by atoms with Gasteiger partial charge in [-0.25, -0.2) is 8.78 Å². The summed E-state index contributed by atoms with van der Waals surface area (Å²) < 4.78 is 23.6. The predicted octanol–water partition coefficient (Wildman–Crippen LogP) is 0.761. The molecule has 0 aromatic carbocycles. The lowest BCUT2D eigenvalue weighted by atomic mass is 9.98. The fourth-order valence-corrected chi connectivity index (χ4v) is 1.57. The molecule has 1 atom stereocenters. The van der Waals surface area contributed by atoms with E-state index in [1.54, 1.807) is 0 Å². The predicted molar refractivity (Wildman–Crippen MR) is 49.1 cm³/mol. The summed E-state index contributed by atoms with van der Waals surface area (Å²) in [6, 6.07) is 0. The molecule has 1 heterocycles. The number of carbonyl (C=O) groups excluding carboxylic acids is 1. The van der Waals surface area contributed by atoms with Crippen LogP contribution < -0.4 is 5.32 Å². The van der Waals surface area contributed by atoms with Crippen molar-refractivity contribution in [2.24, 2.45) is 11.2 Å². The van der Waals surface area contributed by atoms with Gasteiger partial charge >= 0.3 is 0 Å². The van der Waals surface area contributed by atoms with E-state index in [1.165, 1.54) is 5.01 Å². The summed E-state index contributed by atoms with van der Waals surface area (Å²) in [7, 11) is 0. The molecule has 1 unspecified atom stereocenters. The molecular formula is C8H13F2N3O2. The molecule has 1 saturated heterocycles. The number of halogens is 2. The van der Waals surface area contributed by atoms with E-state index in [2.05, 4.69) is 10.6 Å². The summed E-state index contributed by atoms with van der Waals surface area (Å²) in [5, 5.41) is 6.11. The molecule has 1 fully saturated rings. The fraction of sp³-hybridized carbons (Fsp3) is 0.875. The second kappa shape index (κ2) is 5.57. The van der Waals surface area contributed by atoms with E-state index in [4.69, 9.17) is 0 Å². The highest BCUT2D eigenvalue weighted by Gasteiger charge is 2.25. The van der Waals surface area contributed by atoms with Crippen LogP contribution >= 0.6 is 0 Å². The van der Waals surface area contributed by atoms with Gasteiger partial charge in [-0.05, 0) is 12.8 Å². The van der Waals surface area contributed by atoms with Gasteiger partial charge in [-0.2, -0.15) is 0 Å². The van der Waals surface area contributed by atoms with Gasteiger partial charge in [0.15, 0.2) is 0 Å². The zero-order valence-electron chi connectivity index (χ0n) is 8.16. The Labute approximate surface area is 85.8 Å². The molecule has 1 aliphatic heterocycles. The standard InChI is InChI=1S/C8H13F2N3O2/c9-7(10)4-11-8(14)6-2-1-3-13(5-6)12-15/h6-7H,1-5H2,(H,11,14). The minimum absolute atomic E-state index is 0.221. The first-order chi connectivity index (χ1) is 7.13. The Morgan fingerprint density at radius 2 is 2.33 bits per heavy atom. The highest BCUT2D eigenvalue weighted by Crippen LogP contribution is 2.16. The van der Waals surface area contributed by atoms with E-state index in [0.717, 1.165) is 0 Å². The minimum Gasteiger partial charge on any atom is -0.350 e. The lowest BCUT2D eigenvalue weighted by Crippen LogP contribution is -2.42. The van der Waals surface area contributed by atoms with Crippen LogP contribution in [0.4, 0.5) is 8.78 Å². The average molecular weight is 221 g/mol. The Balaban J connectivity index is 2.35. The summed E-state index contributed by atoms with van der Waals surface area (Å²) >= 11 is 0. The van der Waals surface area contributed by atoms with Crippen LogP contribution in [0.15, 0.2) is 5.29 Å². The van der Waals surface area contributed by atoms with Gasteiger partial charge in [0.05, 0.1) is 24.3 Å². The van der Waals surface area contributed by atoms with Crippen LogP contribution in [-0.4, -0.2) is 37.0 Å². The quantitative estimate of drug-likeness (QED) is 0.713. The first kappa shape index (κ1) is 11.8. The monoisotopic (exact) mass is 221 g/mol. The van der Waals surface area contributed by atoms with E-state index in [1.807, 2.05) is 0 Å². The maximum Gasteiger partial charge on any atom is 0.255 e. The Morgan fingerprint density at radius 1 is 1.60 bits per heavy atom. The third-order valence-corrected chi connectivity index (χ3v) is 2.32. The van der Waals surface area contributed by atoms with Crippen molar-refractivity contribution in [3.63, 3.8) is 0 Å². The Kier molecular flexibility index (Phi) is 4.38. The van der Waals surface area contributed by atoms with Gasteiger partial charge in [-0.1, -0.05) is 0 Å². The molecule has 1 N–H and O–H groups in total. The lowest BCUT2D eigenvalue weighted by molar-refractivity contribution is -0.127. The van der Waals surface area contributed by atoms with Crippen LogP contribution in [0.25, 0.3) is 0 Å². The number of hydrogen-bond donors (Lipinski definition) is 1. The van der Waals surface area contributed by atoms with E-state index >= 15 is 0 Å². The van der Waals surface area contributed by atoms with Gasteiger partial charge in [0.25, 0.3) is 6.43 Å². The van der Waals surface area contributed by atoms with Crippen molar-refractivity contribution in [3.8, 4) is 0 Å². The Morgan fingerprint density at radius 3 is 2.93 bits per heavy atom. The highest BCUT2D eigenvalue weighted by atomic mass is 19.3. The fourth-order valence-electron chi connectivity index (χ4n) is 1.57. The van der Waals surface area contributed by atoms with E-state index in [-0.39, 0.29) is 6.54 Å². The van der Waals surface area contributed by atoms with E-state index in [0.29, 0.717) is 19.4 Å². The zero-order valence-corrected chi connectivity index (χ0v) is 8.16.